The molecule has 0 aliphatic carbocycles. The molecule has 2 N–H and O–H groups in total. The van der Waals surface area contributed by atoms with Crippen molar-refractivity contribution in [1.29, 1.82) is 0 Å². The first-order valence-electron chi connectivity index (χ1n) is 5.64. The zero-order valence-electron chi connectivity index (χ0n) is 9.83. The van der Waals surface area contributed by atoms with E-state index >= 15 is 0 Å². The summed E-state index contributed by atoms with van der Waals surface area (Å²) < 4.78 is 37.8. The molecule has 2 nitrogen and oxygen atoms in total. The summed E-state index contributed by atoms with van der Waals surface area (Å²) in [7, 11) is 0. The summed E-state index contributed by atoms with van der Waals surface area (Å²) in [4.78, 5) is 2.15. The Morgan fingerprint density at radius 2 is 1.72 bits per heavy atom. The molecule has 0 radical (unpaired) electrons. The van der Waals surface area contributed by atoms with E-state index in [9.17, 15) is 13.2 Å². The molecule has 0 atom stereocenters. The van der Waals surface area contributed by atoms with Crippen LogP contribution in [0.25, 0.3) is 0 Å². The summed E-state index contributed by atoms with van der Waals surface area (Å²) in [5.41, 5.74) is 5.66. The second-order valence-electron chi connectivity index (χ2n) is 4.44. The number of nitrogens with two attached hydrogens (primary N) is 1. The van der Waals surface area contributed by atoms with Gasteiger partial charge < -0.3 is 5.73 Å². The first kappa shape index (κ1) is 15.1. The molecule has 0 bridgehead atoms. The molecule has 0 unspecified atom stereocenters. The van der Waals surface area contributed by atoms with Gasteiger partial charge in [0.25, 0.3) is 0 Å². The normalized spacial score (nSPS) is 16.6. The lowest BCUT2D eigenvalue weighted by Gasteiger charge is -2.16. The van der Waals surface area contributed by atoms with Gasteiger partial charge in [-0.15, -0.1) is 12.4 Å². The molecule has 0 spiro atoms. The molecule has 18 heavy (non-hydrogen) atoms. The number of alkyl halides is 3. The molecular weight excluding hydrogens is 265 g/mol. The summed E-state index contributed by atoms with van der Waals surface area (Å²) >= 11 is 0. The summed E-state index contributed by atoms with van der Waals surface area (Å²) in [6.45, 7) is 2.46. The third-order valence-electron chi connectivity index (χ3n) is 2.95. The average Bonchev–Trinajstić information content (AvgIpc) is 2.68. The molecule has 1 saturated heterocycles. The first-order valence-corrected chi connectivity index (χ1v) is 5.64. The predicted octanol–water partition coefficient (Wildman–Crippen LogP) is 3.31. The van der Waals surface area contributed by atoms with Crippen molar-refractivity contribution >= 4 is 18.1 Å². The van der Waals surface area contributed by atoms with E-state index in [0.29, 0.717) is 12.1 Å². The number of nitrogens with zero attached hydrogens (tertiary/aromatic N) is 1. The van der Waals surface area contributed by atoms with Gasteiger partial charge in [0.2, 0.25) is 0 Å². The van der Waals surface area contributed by atoms with Crippen LogP contribution in [0.3, 0.4) is 0 Å². The highest BCUT2D eigenvalue weighted by atomic mass is 35.5. The summed E-state index contributed by atoms with van der Waals surface area (Å²) in [6.07, 6.45) is -2.09. The van der Waals surface area contributed by atoms with E-state index in [-0.39, 0.29) is 18.1 Å². The van der Waals surface area contributed by atoms with Crippen LogP contribution in [0.4, 0.5) is 18.9 Å². The lowest BCUT2D eigenvalue weighted by atomic mass is 10.1. The largest absolute Gasteiger partial charge is 0.416 e. The lowest BCUT2D eigenvalue weighted by Crippen LogP contribution is -2.19. The minimum absolute atomic E-state index is 0. The number of nitrogen functional groups attached to an aromatic ring is 1. The first-order chi connectivity index (χ1) is 7.95. The minimum atomic E-state index is -4.32. The Morgan fingerprint density at radius 1 is 1.11 bits per heavy atom. The van der Waals surface area contributed by atoms with E-state index in [4.69, 9.17) is 5.73 Å². The van der Waals surface area contributed by atoms with Crippen molar-refractivity contribution in [2.24, 2.45) is 0 Å². The summed E-state index contributed by atoms with van der Waals surface area (Å²) in [6, 6.07) is 3.79. The van der Waals surface area contributed by atoms with Crippen LogP contribution in [-0.2, 0) is 12.7 Å². The van der Waals surface area contributed by atoms with Gasteiger partial charge in [-0.3, -0.25) is 4.90 Å². The molecule has 1 heterocycles. The fraction of sp³-hybridized carbons (Fsp3) is 0.500. The molecule has 1 aliphatic rings. The van der Waals surface area contributed by atoms with E-state index < -0.39 is 11.7 Å². The highest BCUT2D eigenvalue weighted by Crippen LogP contribution is 2.31. The Kier molecular flexibility index (Phi) is 4.87. The van der Waals surface area contributed by atoms with Crippen molar-refractivity contribution in [3.63, 3.8) is 0 Å². The second-order valence-corrected chi connectivity index (χ2v) is 4.44. The fourth-order valence-corrected chi connectivity index (χ4v) is 2.17. The quantitative estimate of drug-likeness (QED) is 0.842. The van der Waals surface area contributed by atoms with Crippen LogP contribution < -0.4 is 5.73 Å². The minimum Gasteiger partial charge on any atom is -0.399 e. The molecule has 0 amide bonds. The maximum Gasteiger partial charge on any atom is 0.416 e. The number of anilines is 1. The van der Waals surface area contributed by atoms with E-state index in [2.05, 4.69) is 4.90 Å². The molecular formula is C12H16ClF3N2. The smallest absolute Gasteiger partial charge is 0.399 e. The number of benzene rings is 1. The Labute approximate surface area is 110 Å². The number of halogens is 4. The predicted molar refractivity (Wildman–Crippen MR) is 67.6 cm³/mol. The van der Waals surface area contributed by atoms with Gasteiger partial charge >= 0.3 is 6.18 Å². The Balaban J connectivity index is 0.00000162. The second kappa shape index (κ2) is 5.80. The number of hydrogen-bond donors (Lipinski definition) is 1. The van der Waals surface area contributed by atoms with Crippen molar-refractivity contribution in [2.45, 2.75) is 25.6 Å². The molecule has 102 valence electrons. The van der Waals surface area contributed by atoms with Crippen molar-refractivity contribution in [1.82, 2.24) is 4.90 Å². The Morgan fingerprint density at radius 3 is 2.28 bits per heavy atom. The average molecular weight is 281 g/mol. The van der Waals surface area contributed by atoms with Crippen LogP contribution in [0, 0.1) is 0 Å². The van der Waals surface area contributed by atoms with Gasteiger partial charge in [0, 0.05) is 12.2 Å². The fourth-order valence-electron chi connectivity index (χ4n) is 2.17. The van der Waals surface area contributed by atoms with Crippen molar-refractivity contribution < 1.29 is 13.2 Å². The molecule has 0 aromatic heterocycles. The van der Waals surface area contributed by atoms with Gasteiger partial charge in [-0.2, -0.15) is 13.2 Å². The van der Waals surface area contributed by atoms with Crippen LogP contribution in [0.1, 0.15) is 24.0 Å². The topological polar surface area (TPSA) is 29.3 Å². The van der Waals surface area contributed by atoms with Gasteiger partial charge in [0.1, 0.15) is 0 Å². The monoisotopic (exact) mass is 280 g/mol. The van der Waals surface area contributed by atoms with Gasteiger partial charge in [0.15, 0.2) is 0 Å². The summed E-state index contributed by atoms with van der Waals surface area (Å²) in [5.74, 6) is 0. The standard InChI is InChI=1S/C12H15F3N2.ClH/c13-12(14,15)10-5-9(6-11(16)7-10)8-17-3-1-2-4-17;/h5-7H,1-4,8,16H2;1H. The third-order valence-corrected chi connectivity index (χ3v) is 2.95. The van der Waals surface area contributed by atoms with Gasteiger partial charge in [-0.25, -0.2) is 0 Å². The number of hydrogen-bond acceptors (Lipinski definition) is 2. The maximum atomic E-state index is 12.6. The van der Waals surface area contributed by atoms with Crippen LogP contribution in [-0.4, -0.2) is 18.0 Å². The van der Waals surface area contributed by atoms with Gasteiger partial charge in [0.05, 0.1) is 5.56 Å². The van der Waals surface area contributed by atoms with E-state index in [1.165, 1.54) is 6.07 Å². The lowest BCUT2D eigenvalue weighted by molar-refractivity contribution is -0.137. The summed E-state index contributed by atoms with van der Waals surface area (Å²) in [5, 5.41) is 0. The molecule has 1 aromatic rings. The van der Waals surface area contributed by atoms with E-state index in [1.54, 1.807) is 6.07 Å². The molecule has 1 aliphatic heterocycles. The van der Waals surface area contributed by atoms with Crippen molar-refractivity contribution in [3.05, 3.63) is 29.3 Å². The maximum absolute atomic E-state index is 12.6. The Hall–Kier alpha value is -0.940. The van der Waals surface area contributed by atoms with Gasteiger partial charge in [-0.1, -0.05) is 0 Å². The highest BCUT2D eigenvalue weighted by Gasteiger charge is 2.31. The zero-order chi connectivity index (χ0) is 12.5. The zero-order valence-corrected chi connectivity index (χ0v) is 10.7. The Bertz CT molecular complexity index is 401. The van der Waals surface area contributed by atoms with Crippen LogP contribution >= 0.6 is 12.4 Å². The SMILES string of the molecule is Cl.Nc1cc(CN2CCCC2)cc(C(F)(F)F)c1. The van der Waals surface area contributed by atoms with E-state index in [1.807, 2.05) is 0 Å². The number of likely N-dealkylation sites (tertiary alicyclic amines) is 1. The molecule has 2 rings (SSSR count). The van der Waals surface area contributed by atoms with Crippen molar-refractivity contribution in [3.8, 4) is 0 Å². The van der Waals surface area contributed by atoms with Crippen LogP contribution in [0.2, 0.25) is 0 Å². The van der Waals surface area contributed by atoms with E-state index in [0.717, 1.165) is 32.0 Å². The third kappa shape index (κ3) is 3.78. The molecule has 0 saturated carbocycles. The molecule has 1 fully saturated rings. The van der Waals surface area contributed by atoms with Gasteiger partial charge in [-0.05, 0) is 49.7 Å². The van der Waals surface area contributed by atoms with Crippen molar-refractivity contribution in [2.75, 3.05) is 18.8 Å². The molecule has 6 heteroatoms. The highest BCUT2D eigenvalue weighted by molar-refractivity contribution is 5.85. The van der Waals surface area contributed by atoms with Crippen LogP contribution in [0.15, 0.2) is 18.2 Å². The van der Waals surface area contributed by atoms with Crippen LogP contribution in [0.5, 0.6) is 0 Å². The number of rotatable bonds is 2. The molecule has 1 aromatic carbocycles.